The maximum absolute atomic E-state index is 13.3. The second-order valence-corrected chi connectivity index (χ2v) is 9.52. The fraction of sp³-hybridized carbons (Fsp3) is 0.304. The van der Waals surface area contributed by atoms with Gasteiger partial charge in [0.2, 0.25) is 0 Å². The lowest BCUT2D eigenvalue weighted by atomic mass is 10.2. The molecule has 178 valence electrons. The Morgan fingerprint density at radius 1 is 1.24 bits per heavy atom. The van der Waals surface area contributed by atoms with Crippen LogP contribution in [0.15, 0.2) is 60.0 Å². The minimum absolute atomic E-state index is 0.0595. The minimum Gasteiger partial charge on any atom is -0.452 e. The van der Waals surface area contributed by atoms with Crippen molar-refractivity contribution in [3.8, 4) is 0 Å². The minimum atomic E-state index is -4.25. The lowest BCUT2D eigenvalue weighted by Crippen LogP contribution is -2.35. The first-order chi connectivity index (χ1) is 15.6. The Bertz CT molecular complexity index is 1110. The van der Waals surface area contributed by atoms with Gasteiger partial charge >= 0.3 is 5.97 Å². The number of sulfonamides is 1. The van der Waals surface area contributed by atoms with Gasteiger partial charge in [0, 0.05) is 6.04 Å². The van der Waals surface area contributed by atoms with Crippen LogP contribution in [0.5, 0.6) is 0 Å². The molecular weight excluding hydrogens is 471 g/mol. The van der Waals surface area contributed by atoms with Gasteiger partial charge in [-0.2, -0.15) is 0 Å². The average Bonchev–Trinajstić information content (AvgIpc) is 2.76. The van der Waals surface area contributed by atoms with Crippen LogP contribution in [-0.4, -0.2) is 39.5 Å². The van der Waals surface area contributed by atoms with E-state index in [1.165, 1.54) is 30.3 Å². The molecule has 7 nitrogen and oxygen atoms in total. The molecular formula is C23H26ClFN2O5S. The number of nitrogens with zero attached hydrogens (tertiary/aromatic N) is 1. The Labute approximate surface area is 198 Å². The molecule has 0 aliphatic heterocycles. The highest BCUT2D eigenvalue weighted by Gasteiger charge is 2.28. The summed E-state index contributed by atoms with van der Waals surface area (Å²) in [6.07, 6.45) is 3.04. The van der Waals surface area contributed by atoms with E-state index >= 15 is 0 Å². The number of carbonyl (C=O) groups excluding carboxylic acids is 2. The Hall–Kier alpha value is -2.91. The van der Waals surface area contributed by atoms with Crippen molar-refractivity contribution in [2.75, 3.05) is 17.5 Å². The second-order valence-electron chi connectivity index (χ2n) is 7.28. The highest BCUT2D eigenvalue weighted by Crippen LogP contribution is 2.29. The SMILES string of the molecule is C=CCN(c1ccc(F)cc1)S(=O)(=O)c1cc(C(=O)OCC(=O)NC(C)CCC)ccc1Cl. The normalized spacial score (nSPS) is 12.0. The van der Waals surface area contributed by atoms with Crippen molar-refractivity contribution in [3.05, 3.63) is 71.5 Å². The zero-order valence-corrected chi connectivity index (χ0v) is 20.0. The van der Waals surface area contributed by atoms with Crippen LogP contribution < -0.4 is 9.62 Å². The van der Waals surface area contributed by atoms with Crippen LogP contribution in [0.2, 0.25) is 5.02 Å². The lowest BCUT2D eigenvalue weighted by molar-refractivity contribution is -0.124. The van der Waals surface area contributed by atoms with Crippen molar-refractivity contribution >= 4 is 39.2 Å². The van der Waals surface area contributed by atoms with Gasteiger partial charge in [-0.1, -0.05) is 31.0 Å². The summed E-state index contributed by atoms with van der Waals surface area (Å²) < 4.78 is 46.0. The number of ether oxygens (including phenoxy) is 1. The molecule has 1 amide bonds. The van der Waals surface area contributed by atoms with Crippen LogP contribution >= 0.6 is 11.6 Å². The third-order valence-electron chi connectivity index (χ3n) is 4.61. The van der Waals surface area contributed by atoms with Crippen molar-refractivity contribution in [3.63, 3.8) is 0 Å². The van der Waals surface area contributed by atoms with Gasteiger partial charge in [-0.05, 0) is 55.8 Å². The molecule has 33 heavy (non-hydrogen) atoms. The summed E-state index contributed by atoms with van der Waals surface area (Å²) in [4.78, 5) is 24.0. The zero-order valence-electron chi connectivity index (χ0n) is 18.4. The number of benzene rings is 2. The van der Waals surface area contributed by atoms with Crippen molar-refractivity contribution in [2.45, 2.75) is 37.6 Å². The number of esters is 1. The lowest BCUT2D eigenvalue weighted by Gasteiger charge is -2.24. The van der Waals surface area contributed by atoms with E-state index in [9.17, 15) is 22.4 Å². The van der Waals surface area contributed by atoms with Gasteiger partial charge in [-0.15, -0.1) is 6.58 Å². The average molecular weight is 497 g/mol. The van der Waals surface area contributed by atoms with E-state index in [0.717, 1.165) is 35.3 Å². The molecule has 0 aliphatic rings. The van der Waals surface area contributed by atoms with E-state index in [2.05, 4.69) is 11.9 Å². The summed E-state index contributed by atoms with van der Waals surface area (Å²) in [5.74, 6) is -1.86. The highest BCUT2D eigenvalue weighted by atomic mass is 35.5. The maximum Gasteiger partial charge on any atom is 0.338 e. The molecule has 2 aromatic rings. The van der Waals surface area contributed by atoms with Crippen molar-refractivity contribution < 1.29 is 27.1 Å². The number of hydrogen-bond acceptors (Lipinski definition) is 5. The fourth-order valence-electron chi connectivity index (χ4n) is 3.05. The number of anilines is 1. The first-order valence-electron chi connectivity index (χ1n) is 10.2. The quantitative estimate of drug-likeness (QED) is 0.369. The van der Waals surface area contributed by atoms with Crippen LogP contribution in [0.25, 0.3) is 0 Å². The third-order valence-corrected chi connectivity index (χ3v) is 6.88. The molecule has 1 unspecified atom stereocenters. The molecule has 1 N–H and O–H groups in total. The molecule has 0 bridgehead atoms. The smallest absolute Gasteiger partial charge is 0.338 e. The predicted molar refractivity (Wildman–Crippen MR) is 125 cm³/mol. The van der Waals surface area contributed by atoms with E-state index in [0.29, 0.717) is 0 Å². The molecule has 0 saturated heterocycles. The number of rotatable bonds is 11. The summed E-state index contributed by atoms with van der Waals surface area (Å²) in [6, 6.07) is 8.45. The number of halogens is 2. The summed E-state index contributed by atoms with van der Waals surface area (Å²) in [5, 5.41) is 2.59. The van der Waals surface area contributed by atoms with Gasteiger partial charge in [0.05, 0.1) is 22.8 Å². The van der Waals surface area contributed by atoms with Crippen LogP contribution in [0.4, 0.5) is 10.1 Å². The molecule has 0 fully saturated rings. The van der Waals surface area contributed by atoms with E-state index in [1.807, 2.05) is 13.8 Å². The molecule has 10 heteroatoms. The van der Waals surface area contributed by atoms with Gasteiger partial charge in [0.25, 0.3) is 15.9 Å². The van der Waals surface area contributed by atoms with Gasteiger partial charge in [-0.25, -0.2) is 17.6 Å². The van der Waals surface area contributed by atoms with E-state index in [4.69, 9.17) is 16.3 Å². The monoisotopic (exact) mass is 496 g/mol. The molecule has 0 heterocycles. The first-order valence-corrected chi connectivity index (χ1v) is 12.1. The predicted octanol–water partition coefficient (Wildman–Crippen LogP) is 4.32. The summed E-state index contributed by atoms with van der Waals surface area (Å²) in [5.41, 5.74) is 0.100. The van der Waals surface area contributed by atoms with Crippen molar-refractivity contribution in [1.82, 2.24) is 5.32 Å². The van der Waals surface area contributed by atoms with Gasteiger partial charge in [0.15, 0.2) is 6.61 Å². The number of nitrogens with one attached hydrogen (secondary N) is 1. The Morgan fingerprint density at radius 3 is 2.52 bits per heavy atom. The fourth-order valence-corrected chi connectivity index (χ4v) is 4.99. The largest absolute Gasteiger partial charge is 0.452 e. The summed E-state index contributed by atoms with van der Waals surface area (Å²) >= 11 is 6.15. The van der Waals surface area contributed by atoms with Crippen molar-refractivity contribution in [1.29, 1.82) is 0 Å². The molecule has 0 aliphatic carbocycles. The van der Waals surface area contributed by atoms with Gasteiger partial charge < -0.3 is 10.1 Å². The highest BCUT2D eigenvalue weighted by molar-refractivity contribution is 7.93. The van der Waals surface area contributed by atoms with E-state index < -0.39 is 34.3 Å². The molecule has 2 rings (SSSR count). The molecule has 0 saturated carbocycles. The van der Waals surface area contributed by atoms with Crippen LogP contribution in [0.1, 0.15) is 37.0 Å². The second kappa shape index (κ2) is 11.8. The van der Waals surface area contributed by atoms with Gasteiger partial charge in [0.1, 0.15) is 10.7 Å². The summed E-state index contributed by atoms with van der Waals surface area (Å²) in [6.45, 7) is 6.78. The molecule has 0 spiro atoms. The Morgan fingerprint density at radius 2 is 1.91 bits per heavy atom. The Kier molecular flexibility index (Phi) is 9.43. The zero-order chi connectivity index (χ0) is 24.6. The molecule has 0 aromatic heterocycles. The maximum atomic E-state index is 13.3. The van der Waals surface area contributed by atoms with Crippen LogP contribution in [-0.2, 0) is 19.6 Å². The van der Waals surface area contributed by atoms with Crippen molar-refractivity contribution in [2.24, 2.45) is 0 Å². The van der Waals surface area contributed by atoms with Crippen LogP contribution in [0, 0.1) is 5.82 Å². The number of amides is 1. The number of hydrogen-bond donors (Lipinski definition) is 1. The standard InChI is InChI=1S/C23H26ClFN2O5S/c1-4-6-16(3)26-22(28)15-32-23(29)17-7-12-20(24)21(14-17)33(30,31)27(13-5-2)19-10-8-18(25)9-11-19/h5,7-12,14,16H,2,4,6,13,15H2,1,3H3,(H,26,28). The first kappa shape index (κ1) is 26.3. The third kappa shape index (κ3) is 7.03. The van der Waals surface area contributed by atoms with E-state index in [-0.39, 0.29) is 33.8 Å². The van der Waals surface area contributed by atoms with Gasteiger partial charge in [-0.3, -0.25) is 9.10 Å². The van der Waals surface area contributed by atoms with Crippen LogP contribution in [0.3, 0.4) is 0 Å². The summed E-state index contributed by atoms with van der Waals surface area (Å²) in [7, 11) is -4.25. The molecule has 0 radical (unpaired) electrons. The molecule has 2 aromatic carbocycles. The Balaban J connectivity index is 2.26. The van der Waals surface area contributed by atoms with E-state index in [1.54, 1.807) is 0 Å². The topological polar surface area (TPSA) is 92.8 Å². The molecule has 1 atom stereocenters. The number of carbonyl (C=O) groups is 2.